The first-order valence-corrected chi connectivity index (χ1v) is 2.93. The summed E-state index contributed by atoms with van der Waals surface area (Å²) in [5.41, 5.74) is -0.0347. The number of pyridine rings is 1. The van der Waals surface area contributed by atoms with Gasteiger partial charge in [-0.05, 0) is 0 Å². The van der Waals surface area contributed by atoms with Crippen LogP contribution in [0, 0.1) is 10.1 Å². The van der Waals surface area contributed by atoms with Gasteiger partial charge in [0.1, 0.15) is 6.20 Å². The second kappa shape index (κ2) is 2.66. The lowest BCUT2D eigenvalue weighted by atomic mass is 10.4. The summed E-state index contributed by atoms with van der Waals surface area (Å²) in [5.74, 6) is 0. The Balaban J connectivity index is 3.07. The van der Waals surface area contributed by atoms with E-state index in [-0.39, 0.29) is 5.69 Å². The highest BCUT2D eigenvalue weighted by atomic mass is 32.1. The summed E-state index contributed by atoms with van der Waals surface area (Å²) in [6, 6.07) is 1.34. The van der Waals surface area contributed by atoms with E-state index in [0.29, 0.717) is 4.90 Å². The first-order valence-electron chi connectivity index (χ1n) is 2.48. The van der Waals surface area contributed by atoms with Crippen LogP contribution < -0.4 is 0 Å². The Labute approximate surface area is 62.5 Å². The molecule has 1 heterocycles. The largest absolute Gasteiger partial charge is 0.288 e. The molecular formula is C5H4N2O2S. The van der Waals surface area contributed by atoms with Crippen molar-refractivity contribution >= 4 is 18.3 Å². The molecule has 4 nitrogen and oxygen atoms in total. The van der Waals surface area contributed by atoms with Gasteiger partial charge in [0.15, 0.2) is 0 Å². The fourth-order valence-electron chi connectivity index (χ4n) is 0.516. The third kappa shape index (κ3) is 1.44. The Morgan fingerprint density at radius 3 is 2.70 bits per heavy atom. The van der Waals surface area contributed by atoms with E-state index in [1.807, 2.05) is 0 Å². The minimum atomic E-state index is -0.507. The average Bonchev–Trinajstić information content (AvgIpc) is 1.88. The van der Waals surface area contributed by atoms with E-state index in [4.69, 9.17) is 0 Å². The van der Waals surface area contributed by atoms with Crippen molar-refractivity contribution in [1.82, 2.24) is 4.98 Å². The number of thiol groups is 1. The lowest BCUT2D eigenvalue weighted by Crippen LogP contribution is -1.87. The van der Waals surface area contributed by atoms with E-state index in [9.17, 15) is 10.1 Å². The molecule has 0 fully saturated rings. The Morgan fingerprint density at radius 1 is 1.60 bits per heavy atom. The van der Waals surface area contributed by atoms with Crippen molar-refractivity contribution in [3.05, 3.63) is 28.6 Å². The predicted octanol–water partition coefficient (Wildman–Crippen LogP) is 1.28. The van der Waals surface area contributed by atoms with Gasteiger partial charge in [0.2, 0.25) is 0 Å². The summed E-state index contributed by atoms with van der Waals surface area (Å²) < 4.78 is 0. The van der Waals surface area contributed by atoms with Gasteiger partial charge in [-0.2, -0.15) is 0 Å². The third-order valence-electron chi connectivity index (χ3n) is 0.920. The van der Waals surface area contributed by atoms with Gasteiger partial charge in [-0.15, -0.1) is 12.6 Å². The van der Waals surface area contributed by atoms with Crippen molar-refractivity contribution < 1.29 is 4.92 Å². The Hall–Kier alpha value is -1.10. The predicted molar refractivity (Wildman–Crippen MR) is 38.1 cm³/mol. The van der Waals surface area contributed by atoms with Crippen LogP contribution in [0.4, 0.5) is 5.69 Å². The highest BCUT2D eigenvalue weighted by molar-refractivity contribution is 7.80. The Kier molecular flexibility index (Phi) is 1.86. The highest BCUT2D eigenvalue weighted by Gasteiger charge is 2.03. The van der Waals surface area contributed by atoms with Gasteiger partial charge >= 0.3 is 0 Å². The van der Waals surface area contributed by atoms with Crippen LogP contribution in [0.15, 0.2) is 23.4 Å². The molecule has 0 aliphatic heterocycles. The number of aromatic nitrogens is 1. The van der Waals surface area contributed by atoms with Crippen molar-refractivity contribution in [3.63, 3.8) is 0 Å². The number of rotatable bonds is 1. The Bertz CT molecular complexity index is 264. The van der Waals surface area contributed by atoms with Gasteiger partial charge in [0.05, 0.1) is 4.92 Å². The van der Waals surface area contributed by atoms with E-state index in [1.165, 1.54) is 18.5 Å². The standard InChI is InChI=1S/C5H4N2O2S/c8-7(9)4-1-5(10)3-6-2-4/h1-3,10H. The van der Waals surface area contributed by atoms with Crippen LogP contribution in [0.25, 0.3) is 0 Å². The van der Waals surface area contributed by atoms with E-state index in [2.05, 4.69) is 17.6 Å². The molecule has 0 aromatic carbocycles. The molecule has 1 rings (SSSR count). The van der Waals surface area contributed by atoms with E-state index >= 15 is 0 Å². The van der Waals surface area contributed by atoms with Crippen LogP contribution >= 0.6 is 12.6 Å². The van der Waals surface area contributed by atoms with Crippen molar-refractivity contribution in [2.75, 3.05) is 0 Å². The molecule has 1 aromatic rings. The minimum Gasteiger partial charge on any atom is -0.258 e. The molecule has 0 saturated heterocycles. The van der Waals surface area contributed by atoms with Crippen LogP contribution in [-0.2, 0) is 0 Å². The van der Waals surface area contributed by atoms with Crippen LogP contribution in [0.1, 0.15) is 0 Å². The monoisotopic (exact) mass is 156 g/mol. The van der Waals surface area contributed by atoms with Crippen molar-refractivity contribution in [2.24, 2.45) is 0 Å². The van der Waals surface area contributed by atoms with Crippen LogP contribution in [0.5, 0.6) is 0 Å². The maximum absolute atomic E-state index is 10.1. The van der Waals surface area contributed by atoms with Crippen LogP contribution in [-0.4, -0.2) is 9.91 Å². The summed E-state index contributed by atoms with van der Waals surface area (Å²) in [6.07, 6.45) is 2.62. The molecule has 0 N–H and O–H groups in total. The quantitative estimate of drug-likeness (QED) is 0.378. The van der Waals surface area contributed by atoms with Gasteiger partial charge in [0, 0.05) is 17.2 Å². The van der Waals surface area contributed by atoms with Gasteiger partial charge in [-0.25, -0.2) is 0 Å². The van der Waals surface area contributed by atoms with E-state index in [1.54, 1.807) is 0 Å². The molecule has 52 valence electrons. The molecule has 0 radical (unpaired) electrons. The first kappa shape index (κ1) is 7.01. The number of nitro groups is 1. The molecule has 0 amide bonds. The smallest absolute Gasteiger partial charge is 0.258 e. The molecule has 1 aromatic heterocycles. The molecule has 0 saturated carbocycles. The van der Waals surface area contributed by atoms with Gasteiger partial charge in [0.25, 0.3) is 5.69 Å². The molecule has 0 bridgehead atoms. The van der Waals surface area contributed by atoms with Crippen LogP contribution in [0.3, 0.4) is 0 Å². The second-order valence-corrected chi connectivity index (χ2v) is 2.17. The van der Waals surface area contributed by atoms with E-state index in [0.717, 1.165) is 0 Å². The van der Waals surface area contributed by atoms with Crippen molar-refractivity contribution in [3.8, 4) is 0 Å². The SMILES string of the molecule is O=[N+]([O-])c1cncc(S)c1. The molecule has 5 heteroatoms. The third-order valence-corrected chi connectivity index (χ3v) is 1.16. The molecule has 0 aliphatic rings. The summed E-state index contributed by atoms with van der Waals surface area (Å²) in [4.78, 5) is 13.7. The number of hydrogen-bond acceptors (Lipinski definition) is 4. The number of nitrogens with zero attached hydrogens (tertiary/aromatic N) is 2. The minimum absolute atomic E-state index is 0.0347. The van der Waals surface area contributed by atoms with Crippen molar-refractivity contribution in [1.29, 1.82) is 0 Å². The normalized spacial score (nSPS) is 9.30. The lowest BCUT2D eigenvalue weighted by Gasteiger charge is -1.89. The van der Waals surface area contributed by atoms with Crippen LogP contribution in [0.2, 0.25) is 0 Å². The topological polar surface area (TPSA) is 56.0 Å². The second-order valence-electron chi connectivity index (χ2n) is 1.66. The zero-order valence-corrected chi connectivity index (χ0v) is 5.78. The molecule has 0 atom stereocenters. The molecular weight excluding hydrogens is 152 g/mol. The summed E-state index contributed by atoms with van der Waals surface area (Å²) >= 11 is 3.88. The van der Waals surface area contributed by atoms with Gasteiger partial charge in [-0.1, -0.05) is 0 Å². The fourth-order valence-corrected chi connectivity index (χ4v) is 0.715. The maximum Gasteiger partial charge on any atom is 0.288 e. The fraction of sp³-hybridized carbons (Fsp3) is 0. The average molecular weight is 156 g/mol. The van der Waals surface area contributed by atoms with Gasteiger partial charge in [-0.3, -0.25) is 15.1 Å². The molecule has 0 unspecified atom stereocenters. The van der Waals surface area contributed by atoms with Gasteiger partial charge < -0.3 is 0 Å². The van der Waals surface area contributed by atoms with Crippen molar-refractivity contribution in [2.45, 2.75) is 4.90 Å². The summed E-state index contributed by atoms with van der Waals surface area (Å²) in [7, 11) is 0. The highest BCUT2D eigenvalue weighted by Crippen LogP contribution is 2.12. The zero-order valence-electron chi connectivity index (χ0n) is 4.89. The first-order chi connectivity index (χ1) is 4.70. The number of hydrogen-bond donors (Lipinski definition) is 1. The summed E-state index contributed by atoms with van der Waals surface area (Å²) in [6.45, 7) is 0. The molecule has 10 heavy (non-hydrogen) atoms. The summed E-state index contributed by atoms with van der Waals surface area (Å²) in [5, 5.41) is 10.1. The zero-order chi connectivity index (χ0) is 7.56. The maximum atomic E-state index is 10.1. The molecule has 0 spiro atoms. The van der Waals surface area contributed by atoms with E-state index < -0.39 is 4.92 Å². The molecule has 0 aliphatic carbocycles. The Morgan fingerprint density at radius 2 is 2.30 bits per heavy atom. The lowest BCUT2D eigenvalue weighted by molar-refractivity contribution is -0.385.